The van der Waals surface area contributed by atoms with Gasteiger partial charge in [0, 0.05) is 24.7 Å². The van der Waals surface area contributed by atoms with Gasteiger partial charge in [0.05, 0.1) is 29.5 Å². The summed E-state index contributed by atoms with van der Waals surface area (Å²) >= 11 is 0. The molecule has 2 aromatic carbocycles. The zero-order chi connectivity index (χ0) is 26.6. The quantitative estimate of drug-likeness (QED) is 0.546. The molecule has 0 radical (unpaired) electrons. The number of alkyl halides is 3. The maximum absolute atomic E-state index is 13.4. The zero-order valence-electron chi connectivity index (χ0n) is 20.6. The SMILES string of the molecule is C[C@@H]1CN([C@@H](C)CO)C(=O)c2cccc(NC(=O)Nc3ccc(C(F)(F)F)cc3)c2O[C@@H]1CN(C)C. The lowest BCUT2D eigenvalue weighted by atomic mass is 9.99. The lowest BCUT2D eigenvalue weighted by molar-refractivity contribution is -0.137. The molecular formula is C25H31F3N4O4. The van der Waals surface area contributed by atoms with Crippen LogP contribution in [0.4, 0.5) is 29.3 Å². The van der Waals surface area contributed by atoms with Gasteiger partial charge in [-0.15, -0.1) is 0 Å². The normalized spacial score (nSPS) is 19.1. The van der Waals surface area contributed by atoms with Crippen LogP contribution in [0.25, 0.3) is 0 Å². The number of nitrogens with one attached hydrogen (secondary N) is 2. The number of amides is 3. The van der Waals surface area contributed by atoms with E-state index in [0.717, 1.165) is 24.3 Å². The molecule has 8 nitrogen and oxygen atoms in total. The van der Waals surface area contributed by atoms with Gasteiger partial charge < -0.3 is 30.3 Å². The third kappa shape index (κ3) is 6.46. The fourth-order valence-electron chi connectivity index (χ4n) is 3.95. The Morgan fingerprint density at radius 2 is 1.86 bits per heavy atom. The Hall–Kier alpha value is -3.31. The molecule has 36 heavy (non-hydrogen) atoms. The number of urea groups is 1. The lowest BCUT2D eigenvalue weighted by Gasteiger charge is -2.38. The molecule has 0 spiro atoms. The zero-order valence-corrected chi connectivity index (χ0v) is 20.6. The van der Waals surface area contributed by atoms with Crippen LogP contribution in [-0.4, -0.2) is 72.8 Å². The fraction of sp³-hybridized carbons (Fsp3) is 0.440. The van der Waals surface area contributed by atoms with Crippen LogP contribution in [0.2, 0.25) is 0 Å². The van der Waals surface area contributed by atoms with Crippen LogP contribution in [0.5, 0.6) is 5.75 Å². The van der Waals surface area contributed by atoms with Crippen molar-refractivity contribution in [3.8, 4) is 5.75 Å². The van der Waals surface area contributed by atoms with Gasteiger partial charge in [-0.05, 0) is 57.4 Å². The average molecular weight is 509 g/mol. The number of halogens is 3. The summed E-state index contributed by atoms with van der Waals surface area (Å²) in [5.41, 5.74) is -0.191. The van der Waals surface area contributed by atoms with E-state index in [9.17, 15) is 27.9 Å². The number of aliphatic hydroxyl groups excluding tert-OH is 1. The minimum atomic E-state index is -4.48. The third-order valence-electron chi connectivity index (χ3n) is 5.95. The molecule has 0 fully saturated rings. The van der Waals surface area contributed by atoms with Crippen LogP contribution in [-0.2, 0) is 6.18 Å². The number of hydrogen-bond acceptors (Lipinski definition) is 5. The first-order valence-electron chi connectivity index (χ1n) is 11.5. The van der Waals surface area contributed by atoms with Crippen molar-refractivity contribution in [2.45, 2.75) is 32.2 Å². The molecule has 3 N–H and O–H groups in total. The van der Waals surface area contributed by atoms with E-state index in [2.05, 4.69) is 10.6 Å². The van der Waals surface area contributed by atoms with E-state index in [1.165, 1.54) is 0 Å². The average Bonchev–Trinajstić information content (AvgIpc) is 2.80. The summed E-state index contributed by atoms with van der Waals surface area (Å²) in [5.74, 6) is -0.236. The topological polar surface area (TPSA) is 94.1 Å². The number of fused-ring (bicyclic) bond motifs is 1. The summed E-state index contributed by atoms with van der Waals surface area (Å²) in [6.45, 7) is 4.43. The molecule has 0 unspecified atom stereocenters. The van der Waals surface area contributed by atoms with E-state index < -0.39 is 23.8 Å². The Kier molecular flexibility index (Phi) is 8.47. The van der Waals surface area contributed by atoms with Gasteiger partial charge in [-0.1, -0.05) is 13.0 Å². The minimum Gasteiger partial charge on any atom is -0.486 e. The molecule has 0 bridgehead atoms. The highest BCUT2D eigenvalue weighted by molar-refractivity contribution is 6.04. The highest BCUT2D eigenvalue weighted by Crippen LogP contribution is 2.35. The van der Waals surface area contributed by atoms with E-state index in [-0.39, 0.29) is 47.2 Å². The number of aliphatic hydroxyl groups is 1. The summed E-state index contributed by atoms with van der Waals surface area (Å²) in [4.78, 5) is 29.7. The van der Waals surface area contributed by atoms with E-state index in [1.807, 2.05) is 25.9 Å². The number of ether oxygens (including phenoxy) is 1. The molecule has 0 saturated heterocycles. The fourth-order valence-corrected chi connectivity index (χ4v) is 3.95. The van der Waals surface area contributed by atoms with Gasteiger partial charge in [-0.2, -0.15) is 13.2 Å². The Morgan fingerprint density at radius 1 is 1.19 bits per heavy atom. The van der Waals surface area contributed by atoms with Crippen molar-refractivity contribution in [2.24, 2.45) is 5.92 Å². The van der Waals surface area contributed by atoms with Crippen LogP contribution in [0.15, 0.2) is 42.5 Å². The number of benzene rings is 2. The molecule has 0 aromatic heterocycles. The molecule has 0 aliphatic carbocycles. The highest BCUT2D eigenvalue weighted by Gasteiger charge is 2.34. The Balaban J connectivity index is 1.91. The first kappa shape index (κ1) is 27.3. The smallest absolute Gasteiger partial charge is 0.416 e. The van der Waals surface area contributed by atoms with Gasteiger partial charge in [0.1, 0.15) is 6.10 Å². The molecule has 1 aliphatic heterocycles. The number of carbonyl (C=O) groups excluding carboxylic acids is 2. The molecule has 11 heteroatoms. The number of carbonyl (C=O) groups is 2. The van der Waals surface area contributed by atoms with Crippen molar-refractivity contribution < 1.29 is 32.6 Å². The number of rotatable bonds is 6. The maximum Gasteiger partial charge on any atom is 0.416 e. The molecular weight excluding hydrogens is 477 g/mol. The largest absolute Gasteiger partial charge is 0.486 e. The molecule has 1 heterocycles. The standard InChI is InChI=1S/C25H31F3N4O4/c1-15-12-32(16(2)14-33)23(34)19-6-5-7-20(22(19)36-21(15)13-31(3)4)30-24(35)29-18-10-8-17(9-11-18)25(26,27)28/h5-11,15-16,21,33H,12-14H2,1-4H3,(H2,29,30,35)/t15-,16+,21-/m1/s1. The number of hydrogen-bond donors (Lipinski definition) is 3. The van der Waals surface area contributed by atoms with E-state index in [4.69, 9.17) is 4.74 Å². The molecule has 3 amide bonds. The van der Waals surface area contributed by atoms with Crippen molar-refractivity contribution in [1.82, 2.24) is 9.80 Å². The van der Waals surface area contributed by atoms with E-state index >= 15 is 0 Å². The van der Waals surface area contributed by atoms with E-state index in [0.29, 0.717) is 13.1 Å². The van der Waals surface area contributed by atoms with Gasteiger partial charge in [0.15, 0.2) is 5.75 Å². The van der Waals surface area contributed by atoms with Crippen molar-refractivity contribution in [3.63, 3.8) is 0 Å². The summed E-state index contributed by atoms with van der Waals surface area (Å²) < 4.78 is 44.7. The monoisotopic (exact) mass is 508 g/mol. The molecule has 0 saturated carbocycles. The second kappa shape index (κ2) is 11.2. The second-order valence-corrected chi connectivity index (χ2v) is 9.22. The van der Waals surface area contributed by atoms with Crippen molar-refractivity contribution in [1.29, 1.82) is 0 Å². The van der Waals surface area contributed by atoms with E-state index in [1.54, 1.807) is 30.0 Å². The van der Waals surface area contributed by atoms with Crippen LogP contribution >= 0.6 is 0 Å². The molecule has 1 aliphatic rings. The van der Waals surface area contributed by atoms with Gasteiger partial charge in [-0.25, -0.2) is 4.79 Å². The summed E-state index contributed by atoms with van der Waals surface area (Å²) in [6, 6.07) is 7.70. The van der Waals surface area contributed by atoms with Crippen LogP contribution < -0.4 is 15.4 Å². The van der Waals surface area contributed by atoms with Crippen molar-refractivity contribution >= 4 is 23.3 Å². The number of para-hydroxylation sites is 1. The highest BCUT2D eigenvalue weighted by atomic mass is 19.4. The lowest BCUT2D eigenvalue weighted by Crippen LogP contribution is -2.49. The van der Waals surface area contributed by atoms with Gasteiger partial charge in [0.25, 0.3) is 5.91 Å². The van der Waals surface area contributed by atoms with Gasteiger partial charge >= 0.3 is 12.2 Å². The minimum absolute atomic E-state index is 0.0903. The first-order chi connectivity index (χ1) is 16.9. The van der Waals surface area contributed by atoms with Crippen molar-refractivity contribution in [3.05, 3.63) is 53.6 Å². The molecule has 3 atom stereocenters. The molecule has 2 aromatic rings. The maximum atomic E-state index is 13.4. The van der Waals surface area contributed by atoms with Crippen LogP contribution in [0, 0.1) is 5.92 Å². The molecule has 196 valence electrons. The Labute approximate surface area is 208 Å². The van der Waals surface area contributed by atoms with Gasteiger partial charge in [0.2, 0.25) is 0 Å². The molecule has 3 rings (SSSR count). The first-order valence-corrected chi connectivity index (χ1v) is 11.5. The summed E-state index contributed by atoms with van der Waals surface area (Å²) in [6.07, 6.45) is -4.81. The number of nitrogens with zero attached hydrogens (tertiary/aromatic N) is 2. The predicted molar refractivity (Wildman–Crippen MR) is 130 cm³/mol. The Bertz CT molecular complexity index is 1080. The predicted octanol–water partition coefficient (Wildman–Crippen LogP) is 4.13. The second-order valence-electron chi connectivity index (χ2n) is 9.22. The van der Waals surface area contributed by atoms with Crippen LogP contribution in [0.1, 0.15) is 29.8 Å². The number of likely N-dealkylation sites (N-methyl/N-ethyl adjacent to an activating group) is 1. The van der Waals surface area contributed by atoms with Crippen LogP contribution in [0.3, 0.4) is 0 Å². The van der Waals surface area contributed by atoms with Gasteiger partial charge in [-0.3, -0.25) is 4.79 Å². The summed E-state index contributed by atoms with van der Waals surface area (Å²) in [7, 11) is 3.80. The van der Waals surface area contributed by atoms with Crippen molar-refractivity contribution in [2.75, 3.05) is 44.4 Å². The summed E-state index contributed by atoms with van der Waals surface area (Å²) in [5, 5.41) is 14.9. The third-order valence-corrected chi connectivity index (χ3v) is 5.95. The Morgan fingerprint density at radius 3 is 2.44 bits per heavy atom. The number of anilines is 2.